The minimum Gasteiger partial charge on any atom is -0.497 e. The number of carbonyl (C=O) groups excluding carboxylic acids is 1. The molecule has 1 aromatic heterocycles. The fourth-order valence-corrected chi connectivity index (χ4v) is 4.20. The molecule has 1 aliphatic heterocycles. The van der Waals surface area contributed by atoms with Gasteiger partial charge in [-0.3, -0.25) is 9.69 Å². The van der Waals surface area contributed by atoms with Crippen LogP contribution in [0.25, 0.3) is 0 Å². The number of rotatable bonds is 7. The van der Waals surface area contributed by atoms with Gasteiger partial charge in [-0.25, -0.2) is 4.68 Å². The lowest BCUT2D eigenvalue weighted by atomic mass is 10.0. The minimum absolute atomic E-state index is 0.0501. The first-order valence-electron chi connectivity index (χ1n) is 11.6. The van der Waals surface area contributed by atoms with Crippen molar-refractivity contribution in [2.75, 3.05) is 33.9 Å². The van der Waals surface area contributed by atoms with Crippen LogP contribution in [0.15, 0.2) is 30.5 Å². The van der Waals surface area contributed by atoms with Gasteiger partial charge in [-0.15, -0.1) is 5.10 Å². The van der Waals surface area contributed by atoms with Gasteiger partial charge in [0.2, 0.25) is 5.91 Å². The van der Waals surface area contributed by atoms with Crippen molar-refractivity contribution >= 4 is 5.91 Å². The zero-order valence-corrected chi connectivity index (χ0v) is 20.2. The second-order valence-electron chi connectivity index (χ2n) is 9.00. The lowest BCUT2D eigenvalue weighted by molar-refractivity contribution is -0.136. The smallest absolute Gasteiger partial charge is 0.222 e. The van der Waals surface area contributed by atoms with E-state index in [2.05, 4.69) is 35.2 Å². The molecular weight excluding hydrogens is 422 g/mol. The van der Waals surface area contributed by atoms with Crippen LogP contribution in [-0.4, -0.2) is 81.8 Å². The second kappa shape index (κ2) is 12.1. The van der Waals surface area contributed by atoms with Crippen LogP contribution in [0.4, 0.5) is 0 Å². The first-order chi connectivity index (χ1) is 15.9. The molecule has 1 aliphatic rings. The van der Waals surface area contributed by atoms with E-state index in [-0.39, 0.29) is 30.6 Å². The Morgan fingerprint density at radius 2 is 2.21 bits per heavy atom. The molecular formula is C24H37N5O4. The van der Waals surface area contributed by atoms with Crippen molar-refractivity contribution in [3.63, 3.8) is 0 Å². The van der Waals surface area contributed by atoms with Crippen LogP contribution < -0.4 is 4.74 Å². The topological polar surface area (TPSA) is 93.0 Å². The number of fused-ring (bicyclic) bond motifs is 1. The Bertz CT molecular complexity index is 889. The Morgan fingerprint density at radius 1 is 1.39 bits per heavy atom. The number of benzene rings is 1. The van der Waals surface area contributed by atoms with E-state index in [4.69, 9.17) is 9.47 Å². The highest BCUT2D eigenvalue weighted by atomic mass is 16.5. The fourth-order valence-electron chi connectivity index (χ4n) is 4.20. The van der Waals surface area contributed by atoms with Crippen molar-refractivity contribution < 1.29 is 19.4 Å². The van der Waals surface area contributed by atoms with Gasteiger partial charge in [-0.05, 0) is 38.1 Å². The van der Waals surface area contributed by atoms with E-state index in [1.807, 2.05) is 29.8 Å². The summed E-state index contributed by atoms with van der Waals surface area (Å²) >= 11 is 0. The van der Waals surface area contributed by atoms with Gasteiger partial charge in [-0.1, -0.05) is 24.3 Å². The van der Waals surface area contributed by atoms with Gasteiger partial charge in [0.25, 0.3) is 0 Å². The van der Waals surface area contributed by atoms with E-state index < -0.39 is 0 Å². The molecule has 0 spiro atoms. The summed E-state index contributed by atoms with van der Waals surface area (Å²) in [5.41, 5.74) is 2.07. The number of aliphatic hydroxyl groups excluding tert-OH is 1. The van der Waals surface area contributed by atoms with Crippen molar-refractivity contribution in [1.82, 2.24) is 24.8 Å². The molecule has 2 aromatic rings. The molecule has 0 radical (unpaired) electrons. The molecule has 0 bridgehead atoms. The largest absolute Gasteiger partial charge is 0.497 e. The molecule has 3 rings (SSSR count). The number of methoxy groups -OCH3 is 1. The maximum atomic E-state index is 13.0. The zero-order chi connectivity index (χ0) is 23.8. The van der Waals surface area contributed by atoms with Crippen LogP contribution in [-0.2, 0) is 29.2 Å². The number of likely N-dealkylation sites (N-methyl/N-ethyl adjacent to an activating group) is 1. The number of aryl methyl sites for hydroxylation is 1. The van der Waals surface area contributed by atoms with E-state index in [9.17, 15) is 9.90 Å². The number of aromatic nitrogens is 3. The SMILES string of the molecule is COc1cccc(CN(C)C[C@H]2OCc3cnnn3CCCC(=O)N([C@H](C)CO)C[C@@H]2C)c1. The number of aliphatic hydroxyl groups is 1. The van der Waals surface area contributed by atoms with Gasteiger partial charge in [0.05, 0.1) is 44.4 Å². The molecule has 0 saturated carbocycles. The highest BCUT2D eigenvalue weighted by Gasteiger charge is 2.28. The summed E-state index contributed by atoms with van der Waals surface area (Å²) in [6, 6.07) is 7.81. The Morgan fingerprint density at radius 3 is 2.97 bits per heavy atom. The summed E-state index contributed by atoms with van der Waals surface area (Å²) in [6.45, 7) is 6.93. The van der Waals surface area contributed by atoms with Gasteiger partial charge in [0, 0.05) is 38.5 Å². The predicted molar refractivity (Wildman–Crippen MR) is 125 cm³/mol. The number of carbonyl (C=O) groups is 1. The molecule has 0 fully saturated rings. The van der Waals surface area contributed by atoms with E-state index >= 15 is 0 Å². The highest BCUT2D eigenvalue weighted by molar-refractivity contribution is 5.76. The molecule has 182 valence electrons. The Kier molecular flexibility index (Phi) is 9.22. The monoisotopic (exact) mass is 459 g/mol. The maximum Gasteiger partial charge on any atom is 0.222 e. The predicted octanol–water partition coefficient (Wildman–Crippen LogP) is 1.94. The summed E-state index contributed by atoms with van der Waals surface area (Å²) in [7, 11) is 3.74. The fraction of sp³-hybridized carbons (Fsp3) is 0.625. The molecule has 0 aliphatic carbocycles. The molecule has 3 atom stereocenters. The molecule has 2 heterocycles. The van der Waals surface area contributed by atoms with E-state index in [0.717, 1.165) is 23.6 Å². The minimum atomic E-state index is -0.236. The number of hydrogen-bond donors (Lipinski definition) is 1. The van der Waals surface area contributed by atoms with E-state index in [1.54, 1.807) is 18.2 Å². The summed E-state index contributed by atoms with van der Waals surface area (Å²) in [6.07, 6.45) is 2.70. The maximum absolute atomic E-state index is 13.0. The van der Waals surface area contributed by atoms with Crippen LogP contribution in [0, 0.1) is 5.92 Å². The van der Waals surface area contributed by atoms with Crippen molar-refractivity contribution in [1.29, 1.82) is 0 Å². The number of amides is 1. The van der Waals surface area contributed by atoms with Crippen LogP contribution in [0.3, 0.4) is 0 Å². The van der Waals surface area contributed by atoms with Crippen molar-refractivity contribution in [3.8, 4) is 5.75 Å². The van der Waals surface area contributed by atoms with Gasteiger partial charge < -0.3 is 19.5 Å². The van der Waals surface area contributed by atoms with E-state index in [0.29, 0.717) is 39.1 Å². The Balaban J connectivity index is 1.77. The number of ether oxygens (including phenoxy) is 2. The average molecular weight is 460 g/mol. The first-order valence-corrected chi connectivity index (χ1v) is 11.6. The standard InChI is InChI=1S/C24H37N5O4/c1-18-13-28(19(2)16-30)24(31)9-6-10-29-21(12-25-26-29)17-33-23(18)15-27(3)14-20-7-5-8-22(11-20)32-4/h5,7-8,11-12,18-19,23,30H,6,9-10,13-17H2,1-4H3/t18-,19+,23+/m0/s1. The highest BCUT2D eigenvalue weighted by Crippen LogP contribution is 2.19. The average Bonchev–Trinajstić information content (AvgIpc) is 3.25. The molecule has 0 unspecified atom stereocenters. The molecule has 1 amide bonds. The lowest BCUT2D eigenvalue weighted by Crippen LogP contribution is -2.47. The summed E-state index contributed by atoms with van der Waals surface area (Å²) < 4.78 is 13.6. The quantitative estimate of drug-likeness (QED) is 0.676. The number of hydrogen-bond acceptors (Lipinski definition) is 7. The van der Waals surface area contributed by atoms with Gasteiger partial charge >= 0.3 is 0 Å². The Labute approximate surface area is 196 Å². The lowest BCUT2D eigenvalue weighted by Gasteiger charge is -2.35. The molecule has 9 heteroatoms. The van der Waals surface area contributed by atoms with Crippen LogP contribution in [0.5, 0.6) is 5.75 Å². The molecule has 33 heavy (non-hydrogen) atoms. The van der Waals surface area contributed by atoms with Gasteiger partial charge in [-0.2, -0.15) is 0 Å². The summed E-state index contributed by atoms with van der Waals surface area (Å²) in [5, 5.41) is 17.9. The van der Waals surface area contributed by atoms with Crippen LogP contribution in [0.1, 0.15) is 37.9 Å². The zero-order valence-electron chi connectivity index (χ0n) is 20.2. The van der Waals surface area contributed by atoms with Gasteiger partial charge in [0.15, 0.2) is 0 Å². The number of nitrogens with zero attached hydrogens (tertiary/aromatic N) is 5. The van der Waals surface area contributed by atoms with Crippen molar-refractivity contribution in [2.24, 2.45) is 5.92 Å². The molecule has 9 nitrogen and oxygen atoms in total. The molecule has 1 aromatic carbocycles. The van der Waals surface area contributed by atoms with Crippen molar-refractivity contribution in [2.45, 2.75) is 58.5 Å². The van der Waals surface area contributed by atoms with Crippen molar-refractivity contribution in [3.05, 3.63) is 41.7 Å². The van der Waals surface area contributed by atoms with Gasteiger partial charge in [0.1, 0.15) is 5.75 Å². The third-order valence-corrected chi connectivity index (χ3v) is 6.22. The first kappa shape index (κ1) is 25.1. The molecule has 1 N–H and O–H groups in total. The summed E-state index contributed by atoms with van der Waals surface area (Å²) in [5.74, 6) is 0.957. The van der Waals surface area contributed by atoms with Crippen LogP contribution >= 0.6 is 0 Å². The third kappa shape index (κ3) is 6.99. The second-order valence-corrected chi connectivity index (χ2v) is 9.00. The van der Waals surface area contributed by atoms with E-state index in [1.165, 1.54) is 0 Å². The summed E-state index contributed by atoms with van der Waals surface area (Å²) in [4.78, 5) is 17.0. The third-order valence-electron chi connectivity index (χ3n) is 6.22. The Hall–Kier alpha value is -2.49. The normalized spacial score (nSPS) is 21.3. The van der Waals surface area contributed by atoms with Crippen LogP contribution in [0.2, 0.25) is 0 Å². The molecule has 0 saturated heterocycles.